The van der Waals surface area contributed by atoms with Crippen LogP contribution in [0.4, 0.5) is 4.39 Å². The smallest absolute Gasteiger partial charge is 0.123 e. The Hall–Kier alpha value is -1.68. The first-order chi connectivity index (χ1) is 7.70. The van der Waals surface area contributed by atoms with Crippen molar-refractivity contribution in [2.24, 2.45) is 0 Å². The van der Waals surface area contributed by atoms with Crippen LogP contribution in [0.1, 0.15) is 18.5 Å². The van der Waals surface area contributed by atoms with Gasteiger partial charge in [0.25, 0.3) is 0 Å². The monoisotopic (exact) mass is 219 g/mol. The summed E-state index contributed by atoms with van der Waals surface area (Å²) in [4.78, 5) is 0. The molecule has 3 nitrogen and oxygen atoms in total. The van der Waals surface area contributed by atoms with E-state index in [1.807, 2.05) is 19.4 Å². The van der Waals surface area contributed by atoms with E-state index in [0.717, 1.165) is 11.3 Å². The summed E-state index contributed by atoms with van der Waals surface area (Å²) in [6.45, 7) is 2.06. The van der Waals surface area contributed by atoms with Gasteiger partial charge in [0.2, 0.25) is 0 Å². The van der Waals surface area contributed by atoms with Crippen molar-refractivity contribution in [3.8, 4) is 5.69 Å². The topological polar surface area (TPSA) is 29.9 Å². The molecule has 0 aliphatic heterocycles. The van der Waals surface area contributed by atoms with E-state index in [0.29, 0.717) is 0 Å². The van der Waals surface area contributed by atoms with Gasteiger partial charge in [0.1, 0.15) is 5.82 Å². The van der Waals surface area contributed by atoms with Gasteiger partial charge in [-0.05, 0) is 38.2 Å². The Morgan fingerprint density at radius 3 is 2.62 bits per heavy atom. The predicted octanol–water partition coefficient (Wildman–Crippen LogP) is 2.29. The van der Waals surface area contributed by atoms with Crippen LogP contribution in [-0.2, 0) is 0 Å². The zero-order valence-corrected chi connectivity index (χ0v) is 9.31. The van der Waals surface area contributed by atoms with Crippen molar-refractivity contribution in [1.29, 1.82) is 0 Å². The average molecular weight is 219 g/mol. The van der Waals surface area contributed by atoms with Crippen LogP contribution in [0, 0.1) is 5.82 Å². The molecule has 2 rings (SSSR count). The quantitative estimate of drug-likeness (QED) is 0.858. The molecule has 0 bridgehead atoms. The van der Waals surface area contributed by atoms with Gasteiger partial charge in [-0.15, -0.1) is 0 Å². The van der Waals surface area contributed by atoms with Gasteiger partial charge >= 0.3 is 0 Å². The molecule has 1 heterocycles. The van der Waals surface area contributed by atoms with E-state index >= 15 is 0 Å². The lowest BCUT2D eigenvalue weighted by Gasteiger charge is -2.05. The van der Waals surface area contributed by atoms with E-state index in [1.165, 1.54) is 12.1 Å². The highest BCUT2D eigenvalue weighted by molar-refractivity contribution is 5.31. The van der Waals surface area contributed by atoms with Crippen LogP contribution in [0.25, 0.3) is 5.69 Å². The largest absolute Gasteiger partial charge is 0.313 e. The van der Waals surface area contributed by atoms with Crippen molar-refractivity contribution in [2.75, 3.05) is 7.05 Å². The van der Waals surface area contributed by atoms with Gasteiger partial charge in [-0.3, -0.25) is 0 Å². The third-order valence-electron chi connectivity index (χ3n) is 2.63. The van der Waals surface area contributed by atoms with Crippen molar-refractivity contribution in [1.82, 2.24) is 15.1 Å². The number of hydrogen-bond donors (Lipinski definition) is 1. The van der Waals surface area contributed by atoms with Gasteiger partial charge in [0.05, 0.1) is 11.9 Å². The molecule has 1 unspecified atom stereocenters. The Kier molecular flexibility index (Phi) is 3.01. The van der Waals surface area contributed by atoms with E-state index in [1.54, 1.807) is 16.8 Å². The lowest BCUT2D eigenvalue weighted by atomic mass is 10.2. The van der Waals surface area contributed by atoms with E-state index < -0.39 is 0 Å². The summed E-state index contributed by atoms with van der Waals surface area (Å²) in [6.07, 6.45) is 3.75. The van der Waals surface area contributed by atoms with E-state index in [4.69, 9.17) is 0 Å². The molecule has 1 aromatic carbocycles. The zero-order chi connectivity index (χ0) is 11.5. The molecule has 4 heteroatoms. The number of halogens is 1. The van der Waals surface area contributed by atoms with Gasteiger partial charge in [-0.2, -0.15) is 5.10 Å². The van der Waals surface area contributed by atoms with Crippen LogP contribution >= 0.6 is 0 Å². The van der Waals surface area contributed by atoms with E-state index in [2.05, 4.69) is 17.3 Å². The second-order valence-electron chi connectivity index (χ2n) is 3.71. The maximum Gasteiger partial charge on any atom is 0.123 e. The number of benzene rings is 1. The maximum absolute atomic E-state index is 12.8. The fourth-order valence-electron chi connectivity index (χ4n) is 1.46. The maximum atomic E-state index is 12.8. The highest BCUT2D eigenvalue weighted by Gasteiger charge is 2.06. The number of nitrogens with one attached hydrogen (secondary N) is 1. The van der Waals surface area contributed by atoms with Crippen molar-refractivity contribution < 1.29 is 4.39 Å². The second kappa shape index (κ2) is 4.45. The minimum Gasteiger partial charge on any atom is -0.313 e. The van der Waals surface area contributed by atoms with Crippen LogP contribution in [-0.4, -0.2) is 16.8 Å². The Morgan fingerprint density at radius 1 is 1.31 bits per heavy atom. The highest BCUT2D eigenvalue weighted by Crippen LogP contribution is 2.14. The minimum atomic E-state index is -0.236. The molecule has 0 saturated heterocycles. The summed E-state index contributed by atoms with van der Waals surface area (Å²) in [5.74, 6) is -0.236. The average Bonchev–Trinajstić information content (AvgIpc) is 2.78. The van der Waals surface area contributed by atoms with Crippen molar-refractivity contribution in [3.63, 3.8) is 0 Å². The second-order valence-corrected chi connectivity index (χ2v) is 3.71. The van der Waals surface area contributed by atoms with Crippen LogP contribution in [0.3, 0.4) is 0 Å². The number of nitrogens with zero attached hydrogens (tertiary/aromatic N) is 2. The summed E-state index contributed by atoms with van der Waals surface area (Å²) in [5.41, 5.74) is 1.96. The molecule has 0 spiro atoms. The summed E-state index contributed by atoms with van der Waals surface area (Å²) in [6, 6.07) is 6.53. The molecule has 0 fully saturated rings. The minimum absolute atomic E-state index is 0.236. The van der Waals surface area contributed by atoms with Gasteiger partial charge in [-0.25, -0.2) is 9.07 Å². The number of rotatable bonds is 3. The molecule has 1 atom stereocenters. The van der Waals surface area contributed by atoms with Gasteiger partial charge in [0.15, 0.2) is 0 Å². The molecule has 1 aromatic heterocycles. The summed E-state index contributed by atoms with van der Waals surface area (Å²) >= 11 is 0. The van der Waals surface area contributed by atoms with Crippen molar-refractivity contribution in [2.45, 2.75) is 13.0 Å². The third-order valence-corrected chi connectivity index (χ3v) is 2.63. The van der Waals surface area contributed by atoms with Crippen molar-refractivity contribution in [3.05, 3.63) is 48.0 Å². The van der Waals surface area contributed by atoms with Crippen LogP contribution in [0.15, 0.2) is 36.7 Å². The molecule has 16 heavy (non-hydrogen) atoms. The van der Waals surface area contributed by atoms with Gasteiger partial charge in [0, 0.05) is 17.8 Å². The fraction of sp³-hybridized carbons (Fsp3) is 0.250. The normalized spacial score (nSPS) is 12.7. The Balaban J connectivity index is 2.28. The van der Waals surface area contributed by atoms with Gasteiger partial charge < -0.3 is 5.32 Å². The van der Waals surface area contributed by atoms with Crippen LogP contribution in [0.2, 0.25) is 0 Å². The van der Waals surface area contributed by atoms with Gasteiger partial charge in [-0.1, -0.05) is 0 Å². The zero-order valence-electron chi connectivity index (χ0n) is 9.31. The Morgan fingerprint density at radius 2 is 2.00 bits per heavy atom. The molecule has 0 aliphatic rings. The lowest BCUT2D eigenvalue weighted by Crippen LogP contribution is -2.11. The Labute approximate surface area is 93.9 Å². The molecule has 0 saturated carbocycles. The third kappa shape index (κ3) is 2.12. The lowest BCUT2D eigenvalue weighted by molar-refractivity contribution is 0.627. The first kappa shape index (κ1) is 10.8. The van der Waals surface area contributed by atoms with Crippen molar-refractivity contribution >= 4 is 0 Å². The van der Waals surface area contributed by atoms with E-state index in [-0.39, 0.29) is 11.9 Å². The molecule has 2 aromatic rings. The molecule has 0 amide bonds. The molecule has 0 aliphatic carbocycles. The molecule has 84 valence electrons. The molecule has 1 N–H and O–H groups in total. The highest BCUT2D eigenvalue weighted by atomic mass is 19.1. The summed E-state index contributed by atoms with van der Waals surface area (Å²) < 4.78 is 14.5. The fourth-order valence-corrected chi connectivity index (χ4v) is 1.46. The summed E-state index contributed by atoms with van der Waals surface area (Å²) in [5, 5.41) is 7.38. The number of hydrogen-bond acceptors (Lipinski definition) is 2. The number of aromatic nitrogens is 2. The van der Waals surface area contributed by atoms with Crippen LogP contribution in [0.5, 0.6) is 0 Å². The SMILES string of the molecule is CNC(C)c1cnn(-c2ccc(F)cc2)c1. The first-order valence-electron chi connectivity index (χ1n) is 5.18. The first-order valence-corrected chi connectivity index (χ1v) is 5.18. The molecule has 0 radical (unpaired) electrons. The van der Waals surface area contributed by atoms with E-state index in [9.17, 15) is 4.39 Å². The molecular weight excluding hydrogens is 205 g/mol. The Bertz CT molecular complexity index is 461. The summed E-state index contributed by atoms with van der Waals surface area (Å²) in [7, 11) is 1.90. The van der Waals surface area contributed by atoms with Crippen LogP contribution < -0.4 is 5.32 Å². The predicted molar refractivity (Wildman–Crippen MR) is 61.0 cm³/mol. The molecular formula is C12H14FN3. The standard InChI is InChI=1S/C12H14FN3/c1-9(14-2)10-7-15-16(8-10)12-5-3-11(13)4-6-12/h3-9,14H,1-2H3.